The van der Waals surface area contributed by atoms with Gasteiger partial charge in [0.2, 0.25) is 0 Å². The molecular formula is C19H22ClN7. The lowest BCUT2D eigenvalue weighted by atomic mass is 10.1. The zero-order chi connectivity index (χ0) is 18.9. The Hall–Kier alpha value is -2.93. The van der Waals surface area contributed by atoms with Gasteiger partial charge in [0.15, 0.2) is 5.96 Å². The standard InChI is InChI=1S/C19H22ClN7/c1-21-19(23-8-7-15-5-6-18(20)24-10-15)25-11-16-3-2-4-17(9-16)12-27-14-22-13-26-27/h2-6,9-10,13-14H,7-8,11-12H2,1H3,(H2,21,23,25). The number of pyridine rings is 1. The van der Waals surface area contributed by atoms with E-state index in [2.05, 4.69) is 48.9 Å². The molecule has 2 heterocycles. The fourth-order valence-corrected chi connectivity index (χ4v) is 2.74. The van der Waals surface area contributed by atoms with Crippen molar-refractivity contribution in [3.63, 3.8) is 0 Å². The van der Waals surface area contributed by atoms with Gasteiger partial charge < -0.3 is 10.6 Å². The van der Waals surface area contributed by atoms with Gasteiger partial charge in [-0.3, -0.25) is 4.99 Å². The van der Waals surface area contributed by atoms with Gasteiger partial charge in [-0.1, -0.05) is 41.9 Å². The molecular weight excluding hydrogens is 362 g/mol. The second-order valence-electron chi connectivity index (χ2n) is 6.00. The highest BCUT2D eigenvalue weighted by Gasteiger charge is 2.02. The summed E-state index contributed by atoms with van der Waals surface area (Å²) in [5, 5.41) is 11.3. The van der Waals surface area contributed by atoms with Gasteiger partial charge in [0.25, 0.3) is 0 Å². The molecule has 0 unspecified atom stereocenters. The lowest BCUT2D eigenvalue weighted by Crippen LogP contribution is -2.37. The molecule has 0 radical (unpaired) electrons. The largest absolute Gasteiger partial charge is 0.356 e. The molecule has 2 N–H and O–H groups in total. The Morgan fingerprint density at radius 2 is 2.04 bits per heavy atom. The van der Waals surface area contributed by atoms with E-state index in [0.717, 1.165) is 24.5 Å². The minimum atomic E-state index is 0.509. The van der Waals surface area contributed by atoms with E-state index < -0.39 is 0 Å². The average Bonchev–Trinajstić information content (AvgIpc) is 3.19. The number of aliphatic imine (C=N–C) groups is 1. The molecule has 0 aliphatic rings. The van der Waals surface area contributed by atoms with Crippen LogP contribution in [0.3, 0.4) is 0 Å². The SMILES string of the molecule is CN=C(NCCc1ccc(Cl)nc1)NCc1cccc(Cn2cncn2)c1. The lowest BCUT2D eigenvalue weighted by molar-refractivity contribution is 0.683. The van der Waals surface area contributed by atoms with E-state index in [1.807, 2.05) is 12.1 Å². The Morgan fingerprint density at radius 3 is 2.78 bits per heavy atom. The molecule has 0 fully saturated rings. The van der Waals surface area contributed by atoms with E-state index in [9.17, 15) is 0 Å². The summed E-state index contributed by atoms with van der Waals surface area (Å²) in [6, 6.07) is 12.2. The average molecular weight is 384 g/mol. The van der Waals surface area contributed by atoms with Gasteiger partial charge in [-0.25, -0.2) is 14.6 Å². The van der Waals surface area contributed by atoms with E-state index in [4.69, 9.17) is 11.6 Å². The van der Waals surface area contributed by atoms with Crippen molar-refractivity contribution in [2.24, 2.45) is 4.99 Å². The Kier molecular flexibility index (Phi) is 6.76. The van der Waals surface area contributed by atoms with Crippen molar-refractivity contribution in [3.05, 3.63) is 77.1 Å². The highest BCUT2D eigenvalue weighted by Crippen LogP contribution is 2.07. The first kappa shape index (κ1) is 18.8. The first-order valence-electron chi connectivity index (χ1n) is 8.68. The highest BCUT2D eigenvalue weighted by molar-refractivity contribution is 6.29. The maximum Gasteiger partial charge on any atom is 0.191 e. The molecule has 7 nitrogen and oxygen atoms in total. The van der Waals surface area contributed by atoms with E-state index in [-0.39, 0.29) is 0 Å². The molecule has 27 heavy (non-hydrogen) atoms. The monoisotopic (exact) mass is 383 g/mol. The summed E-state index contributed by atoms with van der Waals surface area (Å²) < 4.78 is 1.80. The fraction of sp³-hybridized carbons (Fsp3) is 0.263. The molecule has 3 rings (SSSR count). The molecule has 140 valence electrons. The first-order chi connectivity index (χ1) is 13.2. The summed E-state index contributed by atoms with van der Waals surface area (Å²) in [4.78, 5) is 12.3. The molecule has 1 aromatic carbocycles. The van der Waals surface area contributed by atoms with Gasteiger partial charge in [0.05, 0.1) is 6.54 Å². The number of guanidine groups is 1. The fourth-order valence-electron chi connectivity index (χ4n) is 2.63. The Balaban J connectivity index is 1.46. The van der Waals surface area contributed by atoms with E-state index in [1.165, 1.54) is 11.1 Å². The van der Waals surface area contributed by atoms with Crippen LogP contribution in [0.15, 0.2) is 60.2 Å². The van der Waals surface area contributed by atoms with E-state index in [0.29, 0.717) is 18.2 Å². The third kappa shape index (κ3) is 6.07. The highest BCUT2D eigenvalue weighted by atomic mass is 35.5. The zero-order valence-electron chi connectivity index (χ0n) is 15.1. The first-order valence-corrected chi connectivity index (χ1v) is 9.06. The molecule has 0 bridgehead atoms. The van der Waals surface area contributed by atoms with Crippen molar-refractivity contribution >= 4 is 17.6 Å². The number of halogens is 1. The maximum atomic E-state index is 5.80. The van der Waals surface area contributed by atoms with Crippen LogP contribution in [-0.2, 0) is 19.5 Å². The molecule has 0 saturated carbocycles. The summed E-state index contributed by atoms with van der Waals surface area (Å²) >= 11 is 5.80. The van der Waals surface area contributed by atoms with Crippen molar-refractivity contribution in [1.29, 1.82) is 0 Å². The molecule has 0 saturated heterocycles. The normalized spacial score (nSPS) is 11.4. The van der Waals surface area contributed by atoms with Crippen LogP contribution in [0.2, 0.25) is 5.15 Å². The van der Waals surface area contributed by atoms with E-state index in [1.54, 1.807) is 36.6 Å². The quantitative estimate of drug-likeness (QED) is 0.371. The van der Waals surface area contributed by atoms with Crippen LogP contribution in [0.1, 0.15) is 16.7 Å². The van der Waals surface area contributed by atoms with Gasteiger partial charge in [-0.15, -0.1) is 0 Å². The minimum Gasteiger partial charge on any atom is -0.356 e. The number of benzene rings is 1. The predicted molar refractivity (Wildman–Crippen MR) is 107 cm³/mol. The molecule has 2 aromatic heterocycles. The molecule has 3 aromatic rings. The van der Waals surface area contributed by atoms with Gasteiger partial charge in [0.1, 0.15) is 17.8 Å². The van der Waals surface area contributed by atoms with Gasteiger partial charge in [-0.2, -0.15) is 5.10 Å². The summed E-state index contributed by atoms with van der Waals surface area (Å²) in [5.74, 6) is 0.763. The third-order valence-electron chi connectivity index (χ3n) is 3.98. The van der Waals surface area contributed by atoms with Crippen molar-refractivity contribution in [2.75, 3.05) is 13.6 Å². The summed E-state index contributed by atoms with van der Waals surface area (Å²) in [5.41, 5.74) is 3.48. The van der Waals surface area contributed by atoms with Crippen LogP contribution in [-0.4, -0.2) is 39.3 Å². The zero-order valence-corrected chi connectivity index (χ0v) is 15.9. The lowest BCUT2D eigenvalue weighted by Gasteiger charge is -2.12. The number of hydrogen-bond acceptors (Lipinski definition) is 4. The topological polar surface area (TPSA) is 80.0 Å². The van der Waals surface area contributed by atoms with Crippen LogP contribution >= 0.6 is 11.6 Å². The third-order valence-corrected chi connectivity index (χ3v) is 4.20. The van der Waals surface area contributed by atoms with Crippen LogP contribution in [0.25, 0.3) is 0 Å². The Labute approximate surface area is 163 Å². The smallest absolute Gasteiger partial charge is 0.191 e. The summed E-state index contributed by atoms with van der Waals surface area (Å²) in [6.45, 7) is 2.15. The second kappa shape index (κ2) is 9.68. The number of nitrogens with zero attached hydrogens (tertiary/aromatic N) is 5. The van der Waals surface area contributed by atoms with E-state index >= 15 is 0 Å². The van der Waals surface area contributed by atoms with Crippen molar-refractivity contribution in [1.82, 2.24) is 30.4 Å². The molecule has 8 heteroatoms. The molecule has 0 amide bonds. The minimum absolute atomic E-state index is 0.509. The summed E-state index contributed by atoms with van der Waals surface area (Å²) in [7, 11) is 1.76. The van der Waals surface area contributed by atoms with Gasteiger partial charge >= 0.3 is 0 Å². The predicted octanol–water partition coefficient (Wildman–Crippen LogP) is 2.28. The summed E-state index contributed by atoms with van der Waals surface area (Å²) in [6.07, 6.45) is 5.90. The number of hydrogen-bond donors (Lipinski definition) is 2. The number of nitrogens with one attached hydrogen (secondary N) is 2. The van der Waals surface area contributed by atoms with Gasteiger partial charge in [0, 0.05) is 26.3 Å². The van der Waals surface area contributed by atoms with Crippen LogP contribution in [0.4, 0.5) is 0 Å². The Bertz CT molecular complexity index is 860. The van der Waals surface area contributed by atoms with Crippen LogP contribution in [0, 0.1) is 0 Å². The number of aromatic nitrogens is 4. The van der Waals surface area contributed by atoms with Crippen molar-refractivity contribution in [2.45, 2.75) is 19.5 Å². The molecule has 0 aliphatic carbocycles. The van der Waals surface area contributed by atoms with Crippen LogP contribution in [0.5, 0.6) is 0 Å². The number of rotatable bonds is 7. The molecule has 0 atom stereocenters. The van der Waals surface area contributed by atoms with Crippen molar-refractivity contribution < 1.29 is 0 Å². The van der Waals surface area contributed by atoms with Crippen molar-refractivity contribution in [3.8, 4) is 0 Å². The molecule has 0 aliphatic heterocycles. The molecule has 0 spiro atoms. The maximum absolute atomic E-state index is 5.80. The van der Waals surface area contributed by atoms with Crippen LogP contribution < -0.4 is 10.6 Å². The Morgan fingerprint density at radius 1 is 1.15 bits per heavy atom. The van der Waals surface area contributed by atoms with Gasteiger partial charge in [-0.05, 0) is 29.2 Å². The second-order valence-corrected chi connectivity index (χ2v) is 6.39.